The summed E-state index contributed by atoms with van der Waals surface area (Å²) in [6.07, 6.45) is 2.18. The van der Waals surface area contributed by atoms with Crippen LogP contribution in [0.1, 0.15) is 18.4 Å². The fourth-order valence-corrected chi connectivity index (χ4v) is 3.20. The molecule has 0 radical (unpaired) electrons. The number of nitrogens with zero attached hydrogens (tertiary/aromatic N) is 3. The van der Waals surface area contributed by atoms with Gasteiger partial charge >= 0.3 is 0 Å². The first kappa shape index (κ1) is 13.9. The lowest BCUT2D eigenvalue weighted by Crippen LogP contribution is -2.57. The quantitative estimate of drug-likeness (QED) is 0.879. The Balaban J connectivity index is 1.70. The molecule has 0 saturated carbocycles. The number of amides is 1. The molecule has 0 bridgehead atoms. The molecule has 1 N–H and O–H groups in total. The smallest absolute Gasteiger partial charge is 0.236 e. The van der Waals surface area contributed by atoms with Crippen molar-refractivity contribution in [1.82, 2.24) is 10.2 Å². The second kappa shape index (κ2) is 6.15. The predicted octanol–water partition coefficient (Wildman–Crippen LogP) is 0.959. The molecule has 1 atom stereocenters. The van der Waals surface area contributed by atoms with Gasteiger partial charge in [-0.1, -0.05) is 0 Å². The van der Waals surface area contributed by atoms with Crippen LogP contribution in [0.4, 0.5) is 5.69 Å². The van der Waals surface area contributed by atoms with E-state index in [-0.39, 0.29) is 5.91 Å². The monoisotopic (exact) mass is 284 g/mol. The number of piperidine rings is 1. The van der Waals surface area contributed by atoms with Crippen molar-refractivity contribution in [2.45, 2.75) is 18.9 Å². The fraction of sp³-hybridized carbons (Fsp3) is 0.500. The lowest BCUT2D eigenvalue weighted by Gasteiger charge is -2.42. The van der Waals surface area contributed by atoms with E-state index in [1.165, 1.54) is 0 Å². The topological polar surface area (TPSA) is 59.4 Å². The van der Waals surface area contributed by atoms with Crippen LogP contribution in [-0.4, -0.2) is 49.6 Å². The van der Waals surface area contributed by atoms with Crippen LogP contribution in [0.15, 0.2) is 24.3 Å². The summed E-state index contributed by atoms with van der Waals surface area (Å²) in [5.74, 6) is 0.216. The Kier molecular flexibility index (Phi) is 4.07. The minimum Gasteiger partial charge on any atom is -0.369 e. The van der Waals surface area contributed by atoms with Gasteiger partial charge in [-0.3, -0.25) is 4.79 Å². The second-order valence-corrected chi connectivity index (χ2v) is 5.66. The van der Waals surface area contributed by atoms with Crippen LogP contribution in [0.5, 0.6) is 0 Å². The van der Waals surface area contributed by atoms with Crippen molar-refractivity contribution < 1.29 is 4.79 Å². The predicted molar refractivity (Wildman–Crippen MR) is 81.0 cm³/mol. The van der Waals surface area contributed by atoms with Crippen molar-refractivity contribution in [2.24, 2.45) is 0 Å². The molecule has 2 saturated heterocycles. The zero-order chi connectivity index (χ0) is 14.7. The minimum absolute atomic E-state index is 0.216. The first-order chi connectivity index (χ1) is 10.3. The molecule has 1 aromatic rings. The summed E-state index contributed by atoms with van der Waals surface area (Å²) < 4.78 is 0. The molecule has 2 fully saturated rings. The van der Waals surface area contributed by atoms with Gasteiger partial charge in [0.1, 0.15) is 0 Å². The molecule has 110 valence electrons. The van der Waals surface area contributed by atoms with Gasteiger partial charge in [0, 0.05) is 37.9 Å². The van der Waals surface area contributed by atoms with E-state index in [9.17, 15) is 4.79 Å². The van der Waals surface area contributed by atoms with Crippen molar-refractivity contribution >= 4 is 11.6 Å². The van der Waals surface area contributed by atoms with Gasteiger partial charge < -0.3 is 15.1 Å². The standard InChI is InChI=1S/C16H20N4O/c17-10-13-3-5-14(6-4-13)19-8-1-2-15(12-19)20-9-7-18-11-16(20)21/h3-6,15,18H,1-2,7-9,11-12H2. The number of carbonyl (C=O) groups is 1. The molecule has 1 amide bonds. The average Bonchev–Trinajstić information content (AvgIpc) is 2.55. The van der Waals surface area contributed by atoms with E-state index in [1.807, 2.05) is 29.2 Å². The van der Waals surface area contributed by atoms with Gasteiger partial charge in [0.15, 0.2) is 0 Å². The molecule has 0 aromatic heterocycles. The number of carbonyl (C=O) groups excluding carboxylic acids is 1. The molecule has 2 aliphatic rings. The van der Waals surface area contributed by atoms with Gasteiger partial charge in [-0.15, -0.1) is 0 Å². The SMILES string of the molecule is N#Cc1ccc(N2CCCC(N3CCNCC3=O)C2)cc1. The Bertz CT molecular complexity index is 548. The number of hydrogen-bond donors (Lipinski definition) is 1. The summed E-state index contributed by atoms with van der Waals surface area (Å²) in [7, 11) is 0. The Hall–Kier alpha value is -2.06. The number of nitrogens with one attached hydrogen (secondary N) is 1. The van der Waals surface area contributed by atoms with Gasteiger partial charge in [-0.25, -0.2) is 0 Å². The highest BCUT2D eigenvalue weighted by atomic mass is 16.2. The van der Waals surface area contributed by atoms with Gasteiger partial charge in [0.25, 0.3) is 0 Å². The third-order valence-corrected chi connectivity index (χ3v) is 4.32. The Morgan fingerprint density at radius 3 is 2.76 bits per heavy atom. The fourth-order valence-electron chi connectivity index (χ4n) is 3.20. The normalized spacial score (nSPS) is 23.0. The Morgan fingerprint density at radius 2 is 2.05 bits per heavy atom. The summed E-state index contributed by atoms with van der Waals surface area (Å²) in [6.45, 7) is 4.07. The van der Waals surface area contributed by atoms with Crippen LogP contribution >= 0.6 is 0 Å². The van der Waals surface area contributed by atoms with Crippen molar-refractivity contribution in [2.75, 3.05) is 37.6 Å². The van der Waals surface area contributed by atoms with E-state index < -0.39 is 0 Å². The summed E-state index contributed by atoms with van der Waals surface area (Å²) in [6, 6.07) is 10.2. The van der Waals surface area contributed by atoms with Crippen molar-refractivity contribution in [3.63, 3.8) is 0 Å². The maximum atomic E-state index is 12.0. The van der Waals surface area contributed by atoms with Crippen LogP contribution in [0.3, 0.4) is 0 Å². The highest BCUT2D eigenvalue weighted by Gasteiger charge is 2.29. The second-order valence-electron chi connectivity index (χ2n) is 5.66. The molecule has 21 heavy (non-hydrogen) atoms. The van der Waals surface area contributed by atoms with E-state index >= 15 is 0 Å². The lowest BCUT2D eigenvalue weighted by atomic mass is 10.0. The summed E-state index contributed by atoms with van der Waals surface area (Å²) in [4.78, 5) is 16.4. The molecule has 5 nitrogen and oxygen atoms in total. The number of benzene rings is 1. The third kappa shape index (κ3) is 3.01. The molecular formula is C16H20N4O. The molecule has 5 heteroatoms. The van der Waals surface area contributed by atoms with Crippen LogP contribution in [0.2, 0.25) is 0 Å². The lowest BCUT2D eigenvalue weighted by molar-refractivity contribution is -0.134. The highest BCUT2D eigenvalue weighted by Crippen LogP contribution is 2.23. The largest absolute Gasteiger partial charge is 0.369 e. The summed E-state index contributed by atoms with van der Waals surface area (Å²) >= 11 is 0. The van der Waals surface area contributed by atoms with Gasteiger partial charge in [0.2, 0.25) is 5.91 Å². The molecule has 1 aromatic carbocycles. The Labute approximate surface area is 125 Å². The zero-order valence-corrected chi connectivity index (χ0v) is 12.1. The summed E-state index contributed by atoms with van der Waals surface area (Å²) in [5, 5.41) is 12.0. The molecule has 0 aliphatic carbocycles. The van der Waals surface area contributed by atoms with Gasteiger partial charge in [-0.2, -0.15) is 5.26 Å². The van der Waals surface area contributed by atoms with Crippen LogP contribution in [0.25, 0.3) is 0 Å². The van der Waals surface area contributed by atoms with Crippen molar-refractivity contribution in [3.05, 3.63) is 29.8 Å². The van der Waals surface area contributed by atoms with E-state index in [2.05, 4.69) is 16.3 Å². The van der Waals surface area contributed by atoms with Gasteiger partial charge in [0.05, 0.1) is 18.2 Å². The van der Waals surface area contributed by atoms with Crippen LogP contribution in [0, 0.1) is 11.3 Å². The van der Waals surface area contributed by atoms with E-state index in [0.29, 0.717) is 18.2 Å². The number of anilines is 1. The van der Waals surface area contributed by atoms with Crippen LogP contribution in [-0.2, 0) is 4.79 Å². The average molecular weight is 284 g/mol. The number of rotatable bonds is 2. The van der Waals surface area contributed by atoms with E-state index in [4.69, 9.17) is 5.26 Å². The molecule has 3 rings (SSSR count). The van der Waals surface area contributed by atoms with Crippen LogP contribution < -0.4 is 10.2 Å². The maximum absolute atomic E-state index is 12.0. The first-order valence-electron chi connectivity index (χ1n) is 7.53. The number of hydrogen-bond acceptors (Lipinski definition) is 4. The van der Waals surface area contributed by atoms with E-state index in [0.717, 1.165) is 44.7 Å². The third-order valence-electron chi connectivity index (χ3n) is 4.32. The molecule has 2 heterocycles. The number of nitriles is 1. The summed E-state index contributed by atoms with van der Waals surface area (Å²) in [5.41, 5.74) is 1.82. The van der Waals surface area contributed by atoms with Crippen molar-refractivity contribution in [1.29, 1.82) is 5.26 Å². The van der Waals surface area contributed by atoms with Crippen molar-refractivity contribution in [3.8, 4) is 6.07 Å². The number of piperazine rings is 1. The Morgan fingerprint density at radius 1 is 1.24 bits per heavy atom. The molecular weight excluding hydrogens is 264 g/mol. The zero-order valence-electron chi connectivity index (χ0n) is 12.1. The minimum atomic E-state index is 0.216. The molecule has 0 spiro atoms. The molecule has 2 aliphatic heterocycles. The maximum Gasteiger partial charge on any atom is 0.236 e. The molecule has 1 unspecified atom stereocenters. The van der Waals surface area contributed by atoms with Gasteiger partial charge in [-0.05, 0) is 37.1 Å². The van der Waals surface area contributed by atoms with E-state index in [1.54, 1.807) is 0 Å². The highest BCUT2D eigenvalue weighted by molar-refractivity contribution is 5.79. The first-order valence-corrected chi connectivity index (χ1v) is 7.53.